The average Bonchev–Trinajstić information content (AvgIpc) is 3.08. The summed E-state index contributed by atoms with van der Waals surface area (Å²) in [5, 5.41) is 61.9. The molecule has 14 heteroatoms. The summed E-state index contributed by atoms with van der Waals surface area (Å²) in [5.41, 5.74) is -5.77. The fraction of sp³-hybridized carbons (Fsp3) is 0.974. The number of rotatable bonds is 8. The number of hydrogen-bond donors (Lipinski definition) is 6. The van der Waals surface area contributed by atoms with Crippen LogP contribution in [0.4, 0.5) is 0 Å². The second-order valence-corrected chi connectivity index (χ2v) is 17.4. The highest BCUT2D eigenvalue weighted by molar-refractivity contribution is 5.73. The van der Waals surface area contributed by atoms with Crippen molar-refractivity contribution in [3.05, 3.63) is 0 Å². The lowest BCUT2D eigenvalue weighted by Gasteiger charge is -2.53. The number of aliphatic hydroxyl groups excluding tert-OH is 2. The number of methoxy groups -OCH3 is 1. The molecule has 0 unspecified atom stereocenters. The minimum Gasteiger partial charge on any atom is -0.459 e. The molecule has 3 fully saturated rings. The minimum absolute atomic E-state index is 0.122. The number of likely N-dealkylation sites (N-methyl/N-ethyl adjacent to an activating group) is 1. The lowest BCUT2D eigenvalue weighted by Crippen LogP contribution is -2.66. The average molecular weight is 763 g/mol. The van der Waals surface area contributed by atoms with Gasteiger partial charge in [-0.3, -0.25) is 4.79 Å². The molecule has 3 saturated heterocycles. The van der Waals surface area contributed by atoms with Crippen LogP contribution in [-0.2, 0) is 33.2 Å². The van der Waals surface area contributed by atoms with E-state index in [0.29, 0.717) is 19.4 Å². The Morgan fingerprint density at radius 2 is 1.57 bits per heavy atom. The summed E-state index contributed by atoms with van der Waals surface area (Å²) in [6.07, 6.45) is -7.03. The fourth-order valence-corrected chi connectivity index (χ4v) is 9.08. The fourth-order valence-electron chi connectivity index (χ4n) is 9.08. The van der Waals surface area contributed by atoms with Crippen LogP contribution in [0.25, 0.3) is 0 Å². The summed E-state index contributed by atoms with van der Waals surface area (Å²) in [6.45, 7) is 19.8. The van der Waals surface area contributed by atoms with Gasteiger partial charge >= 0.3 is 5.97 Å². The second-order valence-electron chi connectivity index (χ2n) is 17.4. The van der Waals surface area contributed by atoms with E-state index in [1.165, 1.54) is 14.0 Å². The first-order chi connectivity index (χ1) is 24.4. The predicted octanol–water partition coefficient (Wildman–Crippen LogP) is 2.34. The summed E-state index contributed by atoms with van der Waals surface area (Å²) in [4.78, 5) is 16.2. The van der Waals surface area contributed by atoms with E-state index in [4.69, 9.17) is 28.4 Å². The van der Waals surface area contributed by atoms with E-state index in [9.17, 15) is 30.3 Å². The molecule has 0 spiro atoms. The number of cyclic esters (lactones) is 1. The smallest absolute Gasteiger partial charge is 0.311 e. The zero-order chi connectivity index (χ0) is 40.4. The van der Waals surface area contributed by atoms with E-state index in [1.807, 2.05) is 46.7 Å². The molecule has 0 aromatic carbocycles. The monoisotopic (exact) mass is 763 g/mol. The van der Waals surface area contributed by atoms with Crippen LogP contribution in [0.3, 0.4) is 0 Å². The molecule has 3 heterocycles. The third-order valence-corrected chi connectivity index (χ3v) is 12.7. The van der Waals surface area contributed by atoms with Gasteiger partial charge in [0.2, 0.25) is 0 Å². The van der Waals surface area contributed by atoms with Gasteiger partial charge in [0.25, 0.3) is 0 Å². The van der Waals surface area contributed by atoms with Crippen LogP contribution in [0.2, 0.25) is 0 Å². The first kappa shape index (κ1) is 46.4. The topological polar surface area (TPSA) is 189 Å². The summed E-state index contributed by atoms with van der Waals surface area (Å²) < 4.78 is 38.0. The van der Waals surface area contributed by atoms with Gasteiger partial charge in [0.05, 0.1) is 35.9 Å². The van der Waals surface area contributed by atoms with Gasteiger partial charge in [-0.2, -0.15) is 0 Å². The number of aliphatic hydroxyl groups is 5. The molecule has 53 heavy (non-hydrogen) atoms. The van der Waals surface area contributed by atoms with Crippen molar-refractivity contribution in [2.45, 2.75) is 198 Å². The lowest BCUT2D eigenvalue weighted by atomic mass is 9.74. The molecule has 18 atom stereocenters. The Labute approximate surface area is 318 Å². The molecule has 0 aromatic rings. The largest absolute Gasteiger partial charge is 0.459 e. The van der Waals surface area contributed by atoms with E-state index in [0.717, 1.165) is 0 Å². The quantitative estimate of drug-likeness (QED) is 0.198. The van der Waals surface area contributed by atoms with Gasteiger partial charge in [0.15, 0.2) is 12.6 Å². The predicted molar refractivity (Wildman–Crippen MR) is 199 cm³/mol. The van der Waals surface area contributed by atoms with Crippen LogP contribution >= 0.6 is 0 Å². The third kappa shape index (κ3) is 9.93. The van der Waals surface area contributed by atoms with Crippen molar-refractivity contribution in [3.63, 3.8) is 0 Å². The Kier molecular flexibility index (Phi) is 15.8. The zero-order valence-corrected chi connectivity index (χ0v) is 34.9. The molecular weight excluding hydrogens is 688 g/mol. The van der Waals surface area contributed by atoms with E-state index in [-0.39, 0.29) is 37.3 Å². The van der Waals surface area contributed by atoms with Gasteiger partial charge in [0.1, 0.15) is 35.1 Å². The van der Waals surface area contributed by atoms with Crippen molar-refractivity contribution in [1.29, 1.82) is 0 Å². The highest BCUT2D eigenvalue weighted by Crippen LogP contribution is 2.44. The SMILES string of the molecule is CC[C@H]1OC(=O)[C@H](C)[C@@H](O[C@H]2C[C@@](C)(OC)[C@](O)(CC)[C@H](C)O2)[C@H](C)[C@@H](O[C@@H]2O[C@H](C)C[C@H](N(C)C)[C@H]2O)[C@](C)(O)C[C@@H](C)CN[C@H](C)[C@@H](O)[C@]1(C)O. The van der Waals surface area contributed by atoms with Crippen LogP contribution in [0, 0.1) is 17.8 Å². The van der Waals surface area contributed by atoms with Crippen molar-refractivity contribution in [2.75, 3.05) is 27.7 Å². The van der Waals surface area contributed by atoms with Crippen molar-refractivity contribution in [2.24, 2.45) is 17.8 Å². The van der Waals surface area contributed by atoms with Gasteiger partial charge in [-0.15, -0.1) is 0 Å². The molecule has 0 amide bonds. The first-order valence-electron chi connectivity index (χ1n) is 19.7. The standard InChI is InChI=1S/C39H74N2O12/c1-15-28-38(11,46)32(43)25(7)40-20-21(3)18-36(9,45)33(53-35-30(42)27(41(12)13)17-22(4)49-35)23(5)31(24(6)34(44)51-28)52-29-19-37(10,48-14)39(47,16-2)26(8)50-29/h21-33,35,40,42-43,45-47H,15-20H2,1-14H3/t21-,22-,23+,24-,25-,26+,27+,28-,29+,30-,31+,32-,33-,35+,36-,37-,38-,39+/m1/s1. The first-order valence-corrected chi connectivity index (χ1v) is 19.7. The Morgan fingerprint density at radius 1 is 0.943 bits per heavy atom. The van der Waals surface area contributed by atoms with Crippen LogP contribution in [0.15, 0.2) is 0 Å². The highest BCUT2D eigenvalue weighted by Gasteiger charge is 2.57. The van der Waals surface area contributed by atoms with Gasteiger partial charge < -0.3 is 64.2 Å². The van der Waals surface area contributed by atoms with Gasteiger partial charge in [-0.1, -0.05) is 27.7 Å². The molecule has 3 aliphatic heterocycles. The Bertz CT molecular complexity index is 1180. The summed E-state index contributed by atoms with van der Waals surface area (Å²) in [6, 6.07) is -0.865. The number of esters is 1. The van der Waals surface area contributed by atoms with Gasteiger partial charge in [0, 0.05) is 31.5 Å². The van der Waals surface area contributed by atoms with E-state index < -0.39 is 95.5 Å². The summed E-state index contributed by atoms with van der Waals surface area (Å²) in [5.74, 6) is -2.63. The Morgan fingerprint density at radius 3 is 2.11 bits per heavy atom. The van der Waals surface area contributed by atoms with Crippen molar-refractivity contribution < 1.29 is 58.7 Å². The number of carbonyl (C=O) groups is 1. The van der Waals surface area contributed by atoms with Crippen LogP contribution < -0.4 is 5.32 Å². The van der Waals surface area contributed by atoms with E-state index >= 15 is 0 Å². The van der Waals surface area contributed by atoms with Gasteiger partial charge in [-0.05, 0) is 101 Å². The number of hydrogen-bond acceptors (Lipinski definition) is 14. The Balaban J connectivity index is 2.17. The number of nitrogens with zero attached hydrogens (tertiary/aromatic N) is 1. The third-order valence-electron chi connectivity index (χ3n) is 12.7. The molecule has 0 radical (unpaired) electrons. The minimum atomic E-state index is -1.81. The molecule has 0 aliphatic carbocycles. The van der Waals surface area contributed by atoms with Crippen molar-refractivity contribution in [3.8, 4) is 0 Å². The molecule has 6 N–H and O–H groups in total. The van der Waals surface area contributed by atoms with Crippen LogP contribution in [0.1, 0.15) is 108 Å². The van der Waals surface area contributed by atoms with Crippen LogP contribution in [0.5, 0.6) is 0 Å². The molecule has 3 rings (SSSR count). The summed E-state index contributed by atoms with van der Waals surface area (Å²) >= 11 is 0. The number of nitrogens with one attached hydrogen (secondary N) is 1. The number of carbonyl (C=O) groups excluding carboxylic acids is 1. The maximum absolute atomic E-state index is 14.2. The normalized spacial score (nSPS) is 49.9. The summed E-state index contributed by atoms with van der Waals surface area (Å²) in [7, 11) is 5.30. The zero-order valence-electron chi connectivity index (χ0n) is 34.9. The molecule has 14 nitrogen and oxygen atoms in total. The maximum atomic E-state index is 14.2. The van der Waals surface area contributed by atoms with Crippen LogP contribution in [-0.4, -0.2) is 154 Å². The number of ether oxygens (including phenoxy) is 6. The molecular formula is C39H74N2O12. The Hall–Kier alpha value is -1.01. The molecule has 312 valence electrons. The molecule has 0 aromatic heterocycles. The molecule has 0 bridgehead atoms. The van der Waals surface area contributed by atoms with E-state index in [2.05, 4.69) is 5.32 Å². The molecule has 3 aliphatic rings. The highest BCUT2D eigenvalue weighted by atomic mass is 16.7. The van der Waals surface area contributed by atoms with Crippen molar-refractivity contribution in [1.82, 2.24) is 10.2 Å². The maximum Gasteiger partial charge on any atom is 0.311 e. The lowest BCUT2D eigenvalue weighted by molar-refractivity contribution is -0.338. The molecule has 0 saturated carbocycles. The van der Waals surface area contributed by atoms with E-state index in [1.54, 1.807) is 41.5 Å². The van der Waals surface area contributed by atoms with Crippen molar-refractivity contribution >= 4 is 5.97 Å². The second kappa shape index (κ2) is 18.1. The van der Waals surface area contributed by atoms with Gasteiger partial charge in [-0.25, -0.2) is 0 Å².